The van der Waals surface area contributed by atoms with Gasteiger partial charge in [0.1, 0.15) is 0 Å². The molecule has 0 spiro atoms. The Hall–Kier alpha value is -0.650. The summed E-state index contributed by atoms with van der Waals surface area (Å²) in [6.07, 6.45) is 2.13. The van der Waals surface area contributed by atoms with Crippen LogP contribution in [0.4, 0.5) is 0 Å². The van der Waals surface area contributed by atoms with Gasteiger partial charge < -0.3 is 15.8 Å². The van der Waals surface area contributed by atoms with Gasteiger partial charge in [0.15, 0.2) is 0 Å². The van der Waals surface area contributed by atoms with Crippen molar-refractivity contribution in [3.8, 4) is 0 Å². The number of nitrogens with one attached hydrogen (secondary N) is 1. The maximum absolute atomic E-state index is 11.5. The van der Waals surface area contributed by atoms with Gasteiger partial charge in [0.25, 0.3) is 0 Å². The summed E-state index contributed by atoms with van der Waals surface area (Å²) in [6.45, 7) is 10.5. The summed E-state index contributed by atoms with van der Waals surface area (Å²) in [5.41, 5.74) is 5.49. The Kier molecular flexibility index (Phi) is 9.83. The summed E-state index contributed by atoms with van der Waals surface area (Å²) >= 11 is 0. The van der Waals surface area contributed by atoms with Crippen LogP contribution in [0.15, 0.2) is 0 Å². The largest absolute Gasteiger partial charge is 0.383 e. The van der Waals surface area contributed by atoms with Crippen LogP contribution in [0.3, 0.4) is 0 Å². The lowest BCUT2D eigenvalue weighted by molar-refractivity contribution is -0.120. The average molecular weight is 273 g/mol. The second-order valence-electron chi connectivity index (χ2n) is 5.23. The Balaban J connectivity index is 4.67. The normalized spacial score (nSPS) is 13.5. The smallest absolute Gasteiger partial charge is 0.235 e. The minimum atomic E-state index is -0.308. The van der Waals surface area contributed by atoms with Crippen molar-refractivity contribution >= 4 is 5.91 Å². The number of carbonyl (C=O) groups is 1. The van der Waals surface area contributed by atoms with Gasteiger partial charge in [-0.25, -0.2) is 0 Å². The topological polar surface area (TPSA) is 67.6 Å². The maximum atomic E-state index is 11.5. The summed E-state index contributed by atoms with van der Waals surface area (Å²) in [5.74, 6) is -0.290. The van der Waals surface area contributed by atoms with Crippen molar-refractivity contribution in [1.82, 2.24) is 10.2 Å². The van der Waals surface area contributed by atoms with Crippen LogP contribution in [0.1, 0.15) is 40.5 Å². The lowest BCUT2D eigenvalue weighted by Gasteiger charge is -2.33. The number of nitrogens with two attached hydrogens (primary N) is 1. The molecule has 1 atom stereocenters. The van der Waals surface area contributed by atoms with Gasteiger partial charge in [0, 0.05) is 32.3 Å². The molecule has 0 aromatic heterocycles. The fraction of sp³-hybridized carbons (Fsp3) is 0.929. The molecule has 0 bridgehead atoms. The summed E-state index contributed by atoms with van der Waals surface area (Å²) < 4.78 is 5.16. The van der Waals surface area contributed by atoms with Crippen molar-refractivity contribution in [2.75, 3.05) is 26.8 Å². The molecule has 0 saturated carbocycles. The van der Waals surface area contributed by atoms with Gasteiger partial charge in [0.05, 0.1) is 12.6 Å². The van der Waals surface area contributed by atoms with Gasteiger partial charge in [-0.2, -0.15) is 0 Å². The minimum absolute atomic E-state index is 0.239. The van der Waals surface area contributed by atoms with Crippen LogP contribution in [-0.2, 0) is 9.53 Å². The van der Waals surface area contributed by atoms with Crippen LogP contribution in [0, 0.1) is 0 Å². The number of primary amides is 1. The molecule has 5 nitrogen and oxygen atoms in total. The summed E-state index contributed by atoms with van der Waals surface area (Å²) in [7, 11) is 1.70. The Labute approximate surface area is 117 Å². The predicted molar refractivity (Wildman–Crippen MR) is 79.1 cm³/mol. The lowest BCUT2D eigenvalue weighted by Crippen LogP contribution is -2.53. The fourth-order valence-corrected chi connectivity index (χ4v) is 2.30. The quantitative estimate of drug-likeness (QED) is 0.589. The van der Waals surface area contributed by atoms with Crippen LogP contribution >= 0.6 is 0 Å². The highest BCUT2D eigenvalue weighted by Crippen LogP contribution is 2.09. The number of nitrogens with zero attached hydrogens (tertiary/aromatic N) is 1. The number of rotatable bonds is 11. The molecule has 0 rings (SSSR count). The number of amides is 1. The van der Waals surface area contributed by atoms with E-state index in [1.807, 2.05) is 13.8 Å². The van der Waals surface area contributed by atoms with Crippen LogP contribution in [-0.4, -0.2) is 55.7 Å². The summed E-state index contributed by atoms with van der Waals surface area (Å²) in [4.78, 5) is 13.8. The molecule has 5 heteroatoms. The Morgan fingerprint density at radius 3 is 2.26 bits per heavy atom. The first-order valence-corrected chi connectivity index (χ1v) is 7.24. The molecule has 0 heterocycles. The van der Waals surface area contributed by atoms with Gasteiger partial charge in [-0.05, 0) is 12.8 Å². The van der Waals surface area contributed by atoms with E-state index in [0.717, 1.165) is 19.4 Å². The van der Waals surface area contributed by atoms with Gasteiger partial charge in [-0.3, -0.25) is 9.69 Å². The molecular weight excluding hydrogens is 242 g/mol. The van der Waals surface area contributed by atoms with Gasteiger partial charge in [-0.15, -0.1) is 0 Å². The molecule has 3 N–H and O–H groups in total. The SMILES string of the molecule is CCC(CC)N(CCOC)CC(NC(C)C)C(N)=O. The van der Waals surface area contributed by atoms with Gasteiger partial charge >= 0.3 is 0 Å². The zero-order valence-corrected chi connectivity index (χ0v) is 13.1. The lowest BCUT2D eigenvalue weighted by atomic mass is 10.1. The van der Waals surface area contributed by atoms with E-state index in [1.54, 1.807) is 7.11 Å². The fourth-order valence-electron chi connectivity index (χ4n) is 2.30. The average Bonchev–Trinajstić information content (AvgIpc) is 2.35. The van der Waals surface area contributed by atoms with E-state index in [9.17, 15) is 4.79 Å². The van der Waals surface area contributed by atoms with E-state index < -0.39 is 0 Å². The number of methoxy groups -OCH3 is 1. The molecule has 0 fully saturated rings. The number of ether oxygens (including phenoxy) is 1. The molecule has 0 aliphatic carbocycles. The monoisotopic (exact) mass is 273 g/mol. The third kappa shape index (κ3) is 7.50. The van der Waals surface area contributed by atoms with Crippen LogP contribution in [0.5, 0.6) is 0 Å². The third-order valence-corrected chi connectivity index (χ3v) is 3.34. The molecule has 19 heavy (non-hydrogen) atoms. The van der Waals surface area contributed by atoms with E-state index in [2.05, 4.69) is 24.1 Å². The van der Waals surface area contributed by atoms with E-state index in [0.29, 0.717) is 19.2 Å². The van der Waals surface area contributed by atoms with Crippen molar-refractivity contribution in [3.63, 3.8) is 0 Å². The highest BCUT2D eigenvalue weighted by Gasteiger charge is 2.23. The minimum Gasteiger partial charge on any atom is -0.383 e. The van der Waals surface area contributed by atoms with Crippen LogP contribution in [0.25, 0.3) is 0 Å². The first-order valence-electron chi connectivity index (χ1n) is 7.24. The van der Waals surface area contributed by atoms with Crippen molar-refractivity contribution in [2.45, 2.75) is 58.7 Å². The van der Waals surface area contributed by atoms with Crippen LogP contribution in [0.2, 0.25) is 0 Å². The predicted octanol–water partition coefficient (Wildman–Crippen LogP) is 0.975. The molecule has 1 amide bonds. The van der Waals surface area contributed by atoms with Crippen molar-refractivity contribution in [1.29, 1.82) is 0 Å². The molecule has 0 aromatic rings. The Morgan fingerprint density at radius 2 is 1.89 bits per heavy atom. The molecule has 1 unspecified atom stereocenters. The zero-order chi connectivity index (χ0) is 14.8. The molecular formula is C14H31N3O2. The second-order valence-corrected chi connectivity index (χ2v) is 5.23. The Bertz CT molecular complexity index is 243. The van der Waals surface area contributed by atoms with E-state index in [1.165, 1.54) is 0 Å². The maximum Gasteiger partial charge on any atom is 0.235 e. The molecule has 0 aliphatic heterocycles. The van der Waals surface area contributed by atoms with Gasteiger partial charge in [0.2, 0.25) is 5.91 Å². The number of hydrogen-bond donors (Lipinski definition) is 2. The number of hydrogen-bond acceptors (Lipinski definition) is 4. The van der Waals surface area contributed by atoms with Crippen molar-refractivity contribution in [3.05, 3.63) is 0 Å². The third-order valence-electron chi connectivity index (χ3n) is 3.34. The van der Waals surface area contributed by atoms with Crippen LogP contribution < -0.4 is 11.1 Å². The first-order chi connectivity index (χ1) is 8.96. The number of carbonyl (C=O) groups excluding carboxylic acids is 1. The molecule has 0 aromatic carbocycles. The van der Waals surface area contributed by atoms with Gasteiger partial charge in [-0.1, -0.05) is 27.7 Å². The van der Waals surface area contributed by atoms with Crippen molar-refractivity contribution < 1.29 is 9.53 Å². The van der Waals surface area contributed by atoms with E-state index in [-0.39, 0.29) is 18.0 Å². The second kappa shape index (κ2) is 10.2. The standard InChI is InChI=1S/C14H31N3O2/c1-6-12(7-2)17(8-9-19-5)10-13(14(15)18)16-11(3)4/h11-13,16H,6-10H2,1-5H3,(H2,15,18). The van der Waals surface area contributed by atoms with E-state index in [4.69, 9.17) is 10.5 Å². The van der Waals surface area contributed by atoms with E-state index >= 15 is 0 Å². The Morgan fingerprint density at radius 1 is 1.32 bits per heavy atom. The summed E-state index contributed by atoms with van der Waals surface area (Å²) in [6, 6.07) is 0.395. The summed E-state index contributed by atoms with van der Waals surface area (Å²) in [5, 5.41) is 3.23. The first kappa shape index (κ1) is 18.4. The zero-order valence-electron chi connectivity index (χ0n) is 13.1. The highest BCUT2D eigenvalue weighted by molar-refractivity contribution is 5.80. The highest BCUT2D eigenvalue weighted by atomic mass is 16.5. The molecule has 0 aliphatic rings. The molecule has 0 radical (unpaired) electrons. The molecule has 114 valence electrons. The molecule has 0 saturated heterocycles. The van der Waals surface area contributed by atoms with Crippen molar-refractivity contribution in [2.24, 2.45) is 5.73 Å².